The number of fused-ring (bicyclic) bond motifs is 1. The van der Waals surface area contributed by atoms with E-state index in [1.807, 2.05) is 36.5 Å². The molecule has 0 unspecified atom stereocenters. The normalized spacial score (nSPS) is 10.8. The van der Waals surface area contributed by atoms with Crippen LogP contribution in [0.5, 0.6) is 0 Å². The molecule has 0 spiro atoms. The van der Waals surface area contributed by atoms with Crippen molar-refractivity contribution in [3.63, 3.8) is 0 Å². The first-order chi connectivity index (χ1) is 7.83. The number of nitrogens with zero attached hydrogens (tertiary/aromatic N) is 1. The quantitative estimate of drug-likeness (QED) is 0.662. The maximum absolute atomic E-state index is 5.52. The maximum atomic E-state index is 5.52. The topological polar surface area (TPSA) is 26.0 Å². The van der Waals surface area contributed by atoms with Crippen LogP contribution in [0, 0.1) is 0 Å². The Bertz CT molecular complexity index is 645. The van der Waals surface area contributed by atoms with Gasteiger partial charge in [-0.25, -0.2) is 0 Å². The van der Waals surface area contributed by atoms with Crippen LogP contribution >= 0.6 is 15.9 Å². The molecular weight excluding hydrogens is 266 g/mol. The van der Waals surface area contributed by atoms with Crippen LogP contribution in [0.25, 0.3) is 22.1 Å². The summed E-state index contributed by atoms with van der Waals surface area (Å²) in [7, 11) is 0. The van der Waals surface area contributed by atoms with Crippen molar-refractivity contribution in [1.82, 2.24) is 4.98 Å². The Hall–Kier alpha value is -1.61. The van der Waals surface area contributed by atoms with Gasteiger partial charge in [-0.2, -0.15) is 0 Å². The van der Waals surface area contributed by atoms with Crippen molar-refractivity contribution in [1.29, 1.82) is 0 Å². The van der Waals surface area contributed by atoms with Crippen molar-refractivity contribution < 1.29 is 4.42 Å². The Morgan fingerprint density at radius 1 is 1.00 bits per heavy atom. The lowest BCUT2D eigenvalue weighted by molar-refractivity contribution is 0.556. The molecule has 0 atom stereocenters. The van der Waals surface area contributed by atoms with Crippen LogP contribution in [0.3, 0.4) is 0 Å². The van der Waals surface area contributed by atoms with Gasteiger partial charge in [-0.15, -0.1) is 0 Å². The summed E-state index contributed by atoms with van der Waals surface area (Å²) in [6.07, 6.45) is 3.65. The van der Waals surface area contributed by atoms with Gasteiger partial charge < -0.3 is 4.42 Å². The van der Waals surface area contributed by atoms with Crippen molar-refractivity contribution in [3.05, 3.63) is 53.5 Å². The van der Waals surface area contributed by atoms with Crippen LogP contribution in [0.4, 0.5) is 0 Å². The molecule has 0 N–H and O–H groups in total. The van der Waals surface area contributed by atoms with Crippen molar-refractivity contribution >= 4 is 26.7 Å². The highest BCUT2D eigenvalue weighted by atomic mass is 79.9. The van der Waals surface area contributed by atoms with Crippen LogP contribution in [-0.4, -0.2) is 4.98 Å². The first-order valence-electron chi connectivity index (χ1n) is 4.92. The van der Waals surface area contributed by atoms with E-state index >= 15 is 0 Å². The van der Waals surface area contributed by atoms with Gasteiger partial charge in [0.05, 0.1) is 0 Å². The number of aromatic nitrogens is 1. The van der Waals surface area contributed by atoms with Gasteiger partial charge in [0.2, 0.25) is 0 Å². The van der Waals surface area contributed by atoms with Crippen LogP contribution in [-0.2, 0) is 0 Å². The van der Waals surface area contributed by atoms with Crippen LogP contribution in [0.2, 0.25) is 0 Å². The smallest absolute Gasteiger partial charge is 0.169 e. The Kier molecular flexibility index (Phi) is 2.26. The van der Waals surface area contributed by atoms with Gasteiger partial charge >= 0.3 is 0 Å². The fourth-order valence-corrected chi connectivity index (χ4v) is 2.01. The molecule has 0 aliphatic carbocycles. The Balaban J connectivity index is 2.18. The summed E-state index contributed by atoms with van der Waals surface area (Å²) in [5, 5.41) is 2.30. The van der Waals surface area contributed by atoms with Gasteiger partial charge in [0, 0.05) is 23.3 Å². The molecule has 3 heteroatoms. The highest BCUT2D eigenvalue weighted by molar-refractivity contribution is 9.10. The number of pyridine rings is 1. The fraction of sp³-hybridized carbons (Fsp3) is 0. The highest BCUT2D eigenvalue weighted by Crippen LogP contribution is 2.27. The second-order valence-corrected chi connectivity index (χ2v) is 4.32. The van der Waals surface area contributed by atoms with E-state index in [1.165, 1.54) is 5.39 Å². The van der Waals surface area contributed by atoms with Crippen molar-refractivity contribution in [3.8, 4) is 11.3 Å². The van der Waals surface area contributed by atoms with Crippen molar-refractivity contribution in [2.45, 2.75) is 0 Å². The monoisotopic (exact) mass is 273 g/mol. The minimum Gasteiger partial charge on any atom is -0.449 e. The third-order valence-corrected chi connectivity index (χ3v) is 2.92. The summed E-state index contributed by atoms with van der Waals surface area (Å²) in [5.74, 6) is 0.866. The Morgan fingerprint density at radius 2 is 1.94 bits per heavy atom. The number of hydrogen-bond acceptors (Lipinski definition) is 2. The molecule has 78 valence electrons. The first kappa shape index (κ1) is 9.60. The van der Waals surface area contributed by atoms with Gasteiger partial charge in [0.25, 0.3) is 0 Å². The molecule has 0 saturated carbocycles. The average molecular weight is 274 g/mol. The van der Waals surface area contributed by atoms with E-state index in [4.69, 9.17) is 4.42 Å². The lowest BCUT2D eigenvalue weighted by atomic mass is 10.1. The van der Waals surface area contributed by atoms with Gasteiger partial charge in [0.15, 0.2) is 4.67 Å². The molecule has 3 aromatic rings. The molecule has 0 amide bonds. The van der Waals surface area contributed by atoms with Gasteiger partial charge in [-0.05, 0) is 45.6 Å². The summed E-state index contributed by atoms with van der Waals surface area (Å²) in [6.45, 7) is 0. The number of rotatable bonds is 1. The molecule has 0 aliphatic rings. The zero-order valence-electron chi connectivity index (χ0n) is 8.35. The summed E-state index contributed by atoms with van der Waals surface area (Å²) >= 11 is 3.30. The molecule has 0 aliphatic heterocycles. The molecule has 16 heavy (non-hydrogen) atoms. The van der Waals surface area contributed by atoms with Crippen LogP contribution < -0.4 is 0 Å². The predicted molar refractivity (Wildman–Crippen MR) is 67.1 cm³/mol. The largest absolute Gasteiger partial charge is 0.449 e. The number of benzene rings is 1. The standard InChI is InChI=1S/C13H8BrNO/c14-13-4-3-12(16-13)10-1-2-11-8-15-6-5-9(11)7-10/h1-8H. The zero-order chi connectivity index (χ0) is 11.0. The average Bonchev–Trinajstić information content (AvgIpc) is 2.75. The molecule has 0 fully saturated rings. The summed E-state index contributed by atoms with van der Waals surface area (Å²) in [6, 6.07) is 12.0. The SMILES string of the molecule is Brc1ccc(-c2ccc3cnccc3c2)o1. The molecule has 1 aromatic carbocycles. The third kappa shape index (κ3) is 1.63. The first-order valence-corrected chi connectivity index (χ1v) is 5.72. The van der Waals surface area contributed by atoms with Gasteiger partial charge in [-0.1, -0.05) is 12.1 Å². The van der Waals surface area contributed by atoms with Crippen LogP contribution in [0.1, 0.15) is 0 Å². The molecule has 2 aromatic heterocycles. The van der Waals surface area contributed by atoms with E-state index in [-0.39, 0.29) is 0 Å². The minimum absolute atomic E-state index is 0.748. The molecule has 0 radical (unpaired) electrons. The molecular formula is C13H8BrNO. The van der Waals surface area contributed by atoms with E-state index in [0.717, 1.165) is 21.4 Å². The molecule has 0 bridgehead atoms. The molecule has 0 saturated heterocycles. The second-order valence-electron chi connectivity index (χ2n) is 3.54. The summed E-state index contributed by atoms with van der Waals surface area (Å²) in [5.41, 5.74) is 1.07. The van der Waals surface area contributed by atoms with Crippen LogP contribution in [0.15, 0.2) is 57.9 Å². The second kappa shape index (κ2) is 3.76. The van der Waals surface area contributed by atoms with Gasteiger partial charge in [0.1, 0.15) is 5.76 Å². The number of hydrogen-bond donors (Lipinski definition) is 0. The van der Waals surface area contributed by atoms with E-state index < -0.39 is 0 Å². The summed E-state index contributed by atoms with van der Waals surface area (Å²) < 4.78 is 6.27. The molecule has 2 heterocycles. The highest BCUT2D eigenvalue weighted by Gasteiger charge is 2.03. The Labute approximate surface area is 101 Å². The number of furan rings is 1. The minimum atomic E-state index is 0.748. The van der Waals surface area contributed by atoms with E-state index in [9.17, 15) is 0 Å². The van der Waals surface area contributed by atoms with Crippen molar-refractivity contribution in [2.24, 2.45) is 0 Å². The number of halogens is 1. The fourth-order valence-electron chi connectivity index (χ4n) is 1.71. The van der Waals surface area contributed by atoms with E-state index in [1.54, 1.807) is 6.20 Å². The molecule has 2 nitrogen and oxygen atoms in total. The third-order valence-electron chi connectivity index (χ3n) is 2.50. The lowest BCUT2D eigenvalue weighted by Gasteiger charge is -2.00. The van der Waals surface area contributed by atoms with Gasteiger partial charge in [-0.3, -0.25) is 4.98 Å². The van der Waals surface area contributed by atoms with E-state index in [0.29, 0.717) is 0 Å². The Morgan fingerprint density at radius 3 is 2.75 bits per heavy atom. The predicted octanol–water partition coefficient (Wildman–Crippen LogP) is 4.26. The molecule has 3 rings (SSSR count). The van der Waals surface area contributed by atoms with E-state index in [2.05, 4.69) is 27.0 Å². The zero-order valence-corrected chi connectivity index (χ0v) is 9.94. The summed E-state index contributed by atoms with van der Waals surface area (Å²) in [4.78, 5) is 4.09. The van der Waals surface area contributed by atoms with Crippen molar-refractivity contribution in [2.75, 3.05) is 0 Å². The maximum Gasteiger partial charge on any atom is 0.169 e. The lowest BCUT2D eigenvalue weighted by Crippen LogP contribution is -1.77.